The maximum atomic E-state index is 10.3. The molecule has 0 amide bonds. The number of aliphatic hydroxyl groups excluding tert-OH is 1. The van der Waals surface area contributed by atoms with E-state index in [0.717, 1.165) is 22.9 Å². The summed E-state index contributed by atoms with van der Waals surface area (Å²) in [6.07, 6.45) is 1.60. The second-order valence-electron chi connectivity index (χ2n) is 4.94. The molecular formula is C16H15BrO. The van der Waals surface area contributed by atoms with Crippen molar-refractivity contribution in [1.82, 2.24) is 0 Å². The van der Waals surface area contributed by atoms with Crippen LogP contribution < -0.4 is 0 Å². The van der Waals surface area contributed by atoms with Gasteiger partial charge in [0.15, 0.2) is 0 Å². The molecule has 1 N–H and O–H groups in total. The molecule has 3 rings (SSSR count). The Hall–Kier alpha value is -1.12. The molecule has 1 nitrogen and oxygen atoms in total. The Labute approximate surface area is 116 Å². The van der Waals surface area contributed by atoms with E-state index in [0.29, 0.717) is 5.92 Å². The molecule has 0 saturated heterocycles. The minimum absolute atomic E-state index is 0.309. The monoisotopic (exact) mass is 302 g/mol. The van der Waals surface area contributed by atoms with Gasteiger partial charge in [0.2, 0.25) is 0 Å². The van der Waals surface area contributed by atoms with Crippen LogP contribution in [0.5, 0.6) is 0 Å². The first-order valence-corrected chi connectivity index (χ1v) is 7.03. The van der Waals surface area contributed by atoms with Gasteiger partial charge in [-0.05, 0) is 47.6 Å². The lowest BCUT2D eigenvalue weighted by Crippen LogP contribution is -2.10. The van der Waals surface area contributed by atoms with Crippen LogP contribution in [0.1, 0.15) is 22.8 Å². The van der Waals surface area contributed by atoms with Gasteiger partial charge >= 0.3 is 0 Å². The minimum Gasteiger partial charge on any atom is -0.388 e. The summed E-state index contributed by atoms with van der Waals surface area (Å²) in [4.78, 5) is 0. The van der Waals surface area contributed by atoms with Crippen LogP contribution in [0.25, 0.3) is 0 Å². The highest BCUT2D eigenvalue weighted by Gasteiger charge is 2.30. The normalized spacial score (nSPS) is 21.9. The largest absolute Gasteiger partial charge is 0.388 e. The molecule has 0 spiro atoms. The summed E-state index contributed by atoms with van der Waals surface area (Å²) in [7, 11) is 0. The van der Waals surface area contributed by atoms with Crippen LogP contribution in [0.4, 0.5) is 0 Å². The first-order valence-electron chi connectivity index (χ1n) is 6.24. The van der Waals surface area contributed by atoms with Gasteiger partial charge in [0.1, 0.15) is 0 Å². The molecule has 0 aliphatic heterocycles. The zero-order valence-electron chi connectivity index (χ0n) is 10.0. The lowest BCUT2D eigenvalue weighted by Gasteiger charge is -2.15. The van der Waals surface area contributed by atoms with E-state index in [9.17, 15) is 5.11 Å². The summed E-state index contributed by atoms with van der Waals surface area (Å²) in [6, 6.07) is 16.6. The molecule has 0 saturated carbocycles. The fourth-order valence-corrected chi connectivity index (χ4v) is 3.03. The van der Waals surface area contributed by atoms with Gasteiger partial charge in [-0.25, -0.2) is 0 Å². The summed E-state index contributed by atoms with van der Waals surface area (Å²) in [5, 5.41) is 10.3. The van der Waals surface area contributed by atoms with E-state index in [1.54, 1.807) is 0 Å². The highest BCUT2D eigenvalue weighted by molar-refractivity contribution is 9.10. The molecule has 0 aromatic heterocycles. The van der Waals surface area contributed by atoms with Crippen molar-refractivity contribution in [2.24, 2.45) is 5.92 Å². The van der Waals surface area contributed by atoms with Crippen molar-refractivity contribution >= 4 is 15.9 Å². The van der Waals surface area contributed by atoms with Crippen LogP contribution in [0.15, 0.2) is 53.0 Å². The number of aliphatic hydroxyl groups is 1. The van der Waals surface area contributed by atoms with Gasteiger partial charge in [0.25, 0.3) is 0 Å². The molecule has 2 aromatic rings. The van der Waals surface area contributed by atoms with E-state index in [1.807, 2.05) is 18.2 Å². The quantitative estimate of drug-likeness (QED) is 0.892. The molecule has 2 aromatic carbocycles. The summed E-state index contributed by atoms with van der Waals surface area (Å²) in [5.41, 5.74) is 3.70. The number of fused-ring (bicyclic) bond motifs is 1. The van der Waals surface area contributed by atoms with Crippen LogP contribution in [0, 0.1) is 5.92 Å². The number of hydrogen-bond acceptors (Lipinski definition) is 1. The van der Waals surface area contributed by atoms with Crippen molar-refractivity contribution in [3.63, 3.8) is 0 Å². The lowest BCUT2D eigenvalue weighted by molar-refractivity contribution is 0.123. The van der Waals surface area contributed by atoms with E-state index < -0.39 is 0 Å². The van der Waals surface area contributed by atoms with E-state index in [1.165, 1.54) is 11.1 Å². The van der Waals surface area contributed by atoms with Crippen LogP contribution in [-0.4, -0.2) is 5.11 Å². The highest BCUT2D eigenvalue weighted by atomic mass is 79.9. The highest BCUT2D eigenvalue weighted by Crippen LogP contribution is 2.37. The number of halogens is 1. The Morgan fingerprint density at radius 3 is 2.50 bits per heavy atom. The van der Waals surface area contributed by atoms with Crippen molar-refractivity contribution in [3.8, 4) is 0 Å². The zero-order chi connectivity index (χ0) is 12.5. The van der Waals surface area contributed by atoms with Crippen molar-refractivity contribution in [1.29, 1.82) is 0 Å². The first-order chi connectivity index (χ1) is 8.74. The van der Waals surface area contributed by atoms with Crippen LogP contribution in [-0.2, 0) is 12.8 Å². The van der Waals surface area contributed by atoms with E-state index in [2.05, 4.69) is 46.3 Å². The molecule has 92 valence electrons. The predicted octanol–water partition coefficient (Wildman–Crippen LogP) is 3.90. The van der Waals surface area contributed by atoms with Gasteiger partial charge in [-0.1, -0.05) is 52.3 Å². The Balaban J connectivity index is 1.78. The van der Waals surface area contributed by atoms with E-state index in [-0.39, 0.29) is 6.10 Å². The third kappa shape index (κ3) is 2.23. The topological polar surface area (TPSA) is 20.2 Å². The van der Waals surface area contributed by atoms with E-state index >= 15 is 0 Å². The molecule has 0 heterocycles. The average Bonchev–Trinajstić information content (AvgIpc) is 2.70. The third-order valence-corrected chi connectivity index (χ3v) is 4.24. The molecule has 2 atom stereocenters. The Morgan fingerprint density at radius 1 is 1.06 bits per heavy atom. The summed E-state index contributed by atoms with van der Waals surface area (Å²) in [6.45, 7) is 0. The fourth-order valence-electron chi connectivity index (χ4n) is 2.76. The molecule has 1 aliphatic rings. The van der Waals surface area contributed by atoms with Crippen LogP contribution in [0.2, 0.25) is 0 Å². The zero-order valence-corrected chi connectivity index (χ0v) is 11.6. The Bertz CT molecular complexity index is 547. The molecule has 0 fully saturated rings. The van der Waals surface area contributed by atoms with Crippen LogP contribution >= 0.6 is 15.9 Å². The first kappa shape index (κ1) is 11.9. The minimum atomic E-state index is -0.315. The standard InChI is InChI=1S/C16H15BrO/c17-14-7-5-11(6-8-14)9-13-10-12-3-1-2-4-15(12)16(13)18/h1-8,13,16,18H,9-10H2. The van der Waals surface area contributed by atoms with Gasteiger partial charge in [0, 0.05) is 4.47 Å². The maximum absolute atomic E-state index is 10.3. The molecule has 2 heteroatoms. The van der Waals surface area contributed by atoms with Crippen molar-refractivity contribution in [3.05, 3.63) is 69.7 Å². The number of rotatable bonds is 2. The third-order valence-electron chi connectivity index (χ3n) is 3.71. The number of benzene rings is 2. The molecule has 1 aliphatic carbocycles. The number of hydrogen-bond donors (Lipinski definition) is 1. The predicted molar refractivity (Wildman–Crippen MR) is 76.4 cm³/mol. The Morgan fingerprint density at radius 2 is 1.78 bits per heavy atom. The Kier molecular flexibility index (Phi) is 3.23. The van der Waals surface area contributed by atoms with Gasteiger partial charge < -0.3 is 5.11 Å². The van der Waals surface area contributed by atoms with Gasteiger partial charge in [0.05, 0.1) is 6.10 Å². The van der Waals surface area contributed by atoms with Gasteiger partial charge in [-0.15, -0.1) is 0 Å². The average molecular weight is 303 g/mol. The summed E-state index contributed by atoms with van der Waals surface area (Å²) < 4.78 is 1.10. The molecular weight excluding hydrogens is 288 g/mol. The SMILES string of the molecule is OC1c2ccccc2CC1Cc1ccc(Br)cc1. The smallest absolute Gasteiger partial charge is 0.0827 e. The van der Waals surface area contributed by atoms with Crippen molar-refractivity contribution in [2.45, 2.75) is 18.9 Å². The molecule has 0 radical (unpaired) electrons. The fraction of sp³-hybridized carbons (Fsp3) is 0.250. The second-order valence-corrected chi connectivity index (χ2v) is 5.85. The molecule has 0 bridgehead atoms. The molecule has 2 unspecified atom stereocenters. The van der Waals surface area contributed by atoms with Crippen molar-refractivity contribution < 1.29 is 5.11 Å². The van der Waals surface area contributed by atoms with Gasteiger partial charge in [-0.2, -0.15) is 0 Å². The summed E-state index contributed by atoms with van der Waals surface area (Å²) in [5.74, 6) is 0.309. The second kappa shape index (κ2) is 4.87. The van der Waals surface area contributed by atoms with Gasteiger partial charge in [-0.3, -0.25) is 0 Å². The van der Waals surface area contributed by atoms with E-state index in [4.69, 9.17) is 0 Å². The van der Waals surface area contributed by atoms with Crippen LogP contribution in [0.3, 0.4) is 0 Å². The lowest BCUT2D eigenvalue weighted by atomic mass is 9.95. The van der Waals surface area contributed by atoms with Crippen molar-refractivity contribution in [2.75, 3.05) is 0 Å². The molecule has 18 heavy (non-hydrogen) atoms. The summed E-state index contributed by atoms with van der Waals surface area (Å²) >= 11 is 3.44. The maximum Gasteiger partial charge on any atom is 0.0827 e.